The molecule has 1 aromatic heterocycles. The van der Waals surface area contributed by atoms with Gasteiger partial charge in [-0.15, -0.1) is 0 Å². The van der Waals surface area contributed by atoms with Crippen LogP contribution in [-0.2, 0) is 20.0 Å². The van der Waals surface area contributed by atoms with E-state index in [0.717, 1.165) is 31.2 Å². The molecular weight excluding hydrogens is 248 g/mol. The van der Waals surface area contributed by atoms with Crippen LogP contribution in [0, 0.1) is 0 Å². The van der Waals surface area contributed by atoms with Crippen molar-refractivity contribution in [1.82, 2.24) is 14.7 Å². The Labute approximate surface area is 120 Å². The fourth-order valence-corrected chi connectivity index (χ4v) is 2.59. The highest BCUT2D eigenvalue weighted by atomic mass is 15.3. The molecule has 0 spiro atoms. The fraction of sp³-hybridized carbons (Fsp3) is 0.438. The normalized spacial score (nSPS) is 14.9. The Morgan fingerprint density at radius 3 is 2.60 bits per heavy atom. The first kappa shape index (κ1) is 13.2. The monoisotopic (exact) mass is 270 g/mol. The van der Waals surface area contributed by atoms with Crippen molar-refractivity contribution < 1.29 is 0 Å². The number of nitrogens with two attached hydrogens (primary N) is 1. The Kier molecular flexibility index (Phi) is 3.74. The van der Waals surface area contributed by atoms with Gasteiger partial charge in [0, 0.05) is 50.2 Å². The summed E-state index contributed by atoms with van der Waals surface area (Å²) in [6.07, 6.45) is 5.60. The van der Waals surface area contributed by atoms with Crippen molar-refractivity contribution in [2.75, 3.05) is 12.3 Å². The molecule has 0 bridgehead atoms. The number of aryl methyl sites for hydroxylation is 1. The van der Waals surface area contributed by atoms with E-state index in [2.05, 4.69) is 28.2 Å². The van der Waals surface area contributed by atoms with Crippen LogP contribution < -0.4 is 5.73 Å². The maximum atomic E-state index is 5.75. The molecule has 0 amide bonds. The van der Waals surface area contributed by atoms with Crippen LogP contribution in [0.15, 0.2) is 36.5 Å². The van der Waals surface area contributed by atoms with E-state index < -0.39 is 0 Å². The number of aromatic nitrogens is 2. The second-order valence-corrected chi connectivity index (χ2v) is 5.64. The van der Waals surface area contributed by atoms with Crippen LogP contribution >= 0.6 is 0 Å². The Morgan fingerprint density at radius 2 is 2.00 bits per heavy atom. The maximum absolute atomic E-state index is 5.75. The smallest absolute Gasteiger partial charge is 0.0492 e. The van der Waals surface area contributed by atoms with E-state index in [-0.39, 0.29) is 0 Å². The van der Waals surface area contributed by atoms with Gasteiger partial charge in [0.2, 0.25) is 0 Å². The fourth-order valence-electron chi connectivity index (χ4n) is 2.59. The molecule has 20 heavy (non-hydrogen) atoms. The highest BCUT2D eigenvalue weighted by Gasteiger charge is 2.28. The summed E-state index contributed by atoms with van der Waals surface area (Å²) in [5, 5.41) is 4.23. The molecule has 1 aliphatic rings. The SMILES string of the molecule is Cn1nccc1CCN(Cc1ccc(N)cc1)C1CC1. The lowest BCUT2D eigenvalue weighted by molar-refractivity contribution is 0.256. The first-order valence-corrected chi connectivity index (χ1v) is 7.28. The van der Waals surface area contributed by atoms with Crippen molar-refractivity contribution >= 4 is 5.69 Å². The summed E-state index contributed by atoms with van der Waals surface area (Å²) in [6.45, 7) is 2.11. The third-order valence-corrected chi connectivity index (χ3v) is 4.01. The number of nitrogen functional groups attached to an aromatic ring is 1. The zero-order valence-corrected chi connectivity index (χ0v) is 12.0. The van der Waals surface area contributed by atoms with Crippen molar-refractivity contribution in [3.63, 3.8) is 0 Å². The minimum atomic E-state index is 0.765. The largest absolute Gasteiger partial charge is 0.399 e. The van der Waals surface area contributed by atoms with Crippen LogP contribution in [0.5, 0.6) is 0 Å². The highest BCUT2D eigenvalue weighted by Crippen LogP contribution is 2.28. The predicted molar refractivity (Wildman–Crippen MR) is 81.2 cm³/mol. The average molecular weight is 270 g/mol. The lowest BCUT2D eigenvalue weighted by Crippen LogP contribution is -2.28. The van der Waals surface area contributed by atoms with E-state index in [1.54, 1.807) is 0 Å². The average Bonchev–Trinajstić information content (AvgIpc) is 3.21. The van der Waals surface area contributed by atoms with E-state index in [0.29, 0.717) is 0 Å². The van der Waals surface area contributed by atoms with Gasteiger partial charge in [-0.3, -0.25) is 9.58 Å². The third kappa shape index (κ3) is 3.20. The molecule has 106 valence electrons. The number of nitrogens with zero attached hydrogens (tertiary/aromatic N) is 3. The quantitative estimate of drug-likeness (QED) is 0.819. The molecule has 2 aromatic rings. The summed E-state index contributed by atoms with van der Waals surface area (Å²) < 4.78 is 1.97. The summed E-state index contributed by atoms with van der Waals surface area (Å²) in [7, 11) is 2.01. The number of hydrogen-bond donors (Lipinski definition) is 1. The molecule has 3 rings (SSSR count). The zero-order chi connectivity index (χ0) is 13.9. The van der Waals surface area contributed by atoms with Gasteiger partial charge in [-0.2, -0.15) is 5.10 Å². The lowest BCUT2D eigenvalue weighted by atomic mass is 10.2. The molecule has 1 aliphatic carbocycles. The van der Waals surface area contributed by atoms with Crippen LogP contribution in [0.3, 0.4) is 0 Å². The molecule has 2 N–H and O–H groups in total. The van der Waals surface area contributed by atoms with Gasteiger partial charge >= 0.3 is 0 Å². The highest BCUT2D eigenvalue weighted by molar-refractivity contribution is 5.39. The lowest BCUT2D eigenvalue weighted by Gasteiger charge is -2.22. The van der Waals surface area contributed by atoms with E-state index in [9.17, 15) is 0 Å². The minimum Gasteiger partial charge on any atom is -0.399 e. The summed E-state index contributed by atoms with van der Waals surface area (Å²) >= 11 is 0. The molecule has 1 fully saturated rings. The van der Waals surface area contributed by atoms with Gasteiger partial charge in [-0.25, -0.2) is 0 Å². The molecule has 0 radical (unpaired) electrons. The Balaban J connectivity index is 1.61. The molecule has 4 nitrogen and oxygen atoms in total. The first-order chi connectivity index (χ1) is 9.72. The van der Waals surface area contributed by atoms with E-state index in [1.807, 2.05) is 30.1 Å². The van der Waals surface area contributed by atoms with E-state index in [1.165, 1.54) is 24.1 Å². The van der Waals surface area contributed by atoms with E-state index >= 15 is 0 Å². The van der Waals surface area contributed by atoms with E-state index in [4.69, 9.17) is 5.73 Å². The van der Waals surface area contributed by atoms with Crippen molar-refractivity contribution in [2.45, 2.75) is 31.8 Å². The summed E-state index contributed by atoms with van der Waals surface area (Å²) in [5.74, 6) is 0. The van der Waals surface area contributed by atoms with Crippen molar-refractivity contribution in [2.24, 2.45) is 7.05 Å². The van der Waals surface area contributed by atoms with Gasteiger partial charge in [0.15, 0.2) is 0 Å². The van der Waals surface area contributed by atoms with Crippen LogP contribution in [0.25, 0.3) is 0 Å². The van der Waals surface area contributed by atoms with Gasteiger partial charge in [-0.1, -0.05) is 12.1 Å². The molecule has 4 heteroatoms. The van der Waals surface area contributed by atoms with Crippen LogP contribution in [0.4, 0.5) is 5.69 Å². The second-order valence-electron chi connectivity index (χ2n) is 5.64. The van der Waals surface area contributed by atoms with Crippen molar-refractivity contribution in [1.29, 1.82) is 0 Å². The van der Waals surface area contributed by atoms with Crippen LogP contribution in [-0.4, -0.2) is 27.3 Å². The molecule has 0 saturated heterocycles. The molecule has 1 aromatic carbocycles. The number of anilines is 1. The third-order valence-electron chi connectivity index (χ3n) is 4.01. The topological polar surface area (TPSA) is 47.1 Å². The number of hydrogen-bond acceptors (Lipinski definition) is 3. The van der Waals surface area contributed by atoms with Gasteiger partial charge < -0.3 is 5.73 Å². The molecule has 1 heterocycles. The second kappa shape index (κ2) is 5.67. The van der Waals surface area contributed by atoms with Crippen molar-refractivity contribution in [3.05, 3.63) is 47.8 Å². The summed E-state index contributed by atoms with van der Waals surface area (Å²) in [5.41, 5.74) is 9.22. The zero-order valence-electron chi connectivity index (χ0n) is 12.0. The molecule has 0 unspecified atom stereocenters. The summed E-state index contributed by atoms with van der Waals surface area (Å²) in [4.78, 5) is 2.58. The Morgan fingerprint density at radius 1 is 1.25 bits per heavy atom. The maximum Gasteiger partial charge on any atom is 0.0492 e. The summed E-state index contributed by atoms with van der Waals surface area (Å²) in [6, 6.07) is 11.1. The Bertz CT molecular complexity index is 554. The standard InChI is InChI=1S/C16H22N4/c1-19-15(8-10-18-19)9-11-20(16-6-7-16)12-13-2-4-14(17)5-3-13/h2-5,8,10,16H,6-7,9,11-12,17H2,1H3. The molecular formula is C16H22N4. The number of rotatable bonds is 6. The molecule has 0 aliphatic heterocycles. The van der Waals surface area contributed by atoms with Gasteiger partial charge in [0.1, 0.15) is 0 Å². The van der Waals surface area contributed by atoms with Crippen LogP contribution in [0.2, 0.25) is 0 Å². The number of benzene rings is 1. The molecule has 0 atom stereocenters. The van der Waals surface area contributed by atoms with Gasteiger partial charge in [0.05, 0.1) is 0 Å². The Hall–Kier alpha value is -1.81. The predicted octanol–water partition coefficient (Wildman–Crippen LogP) is 2.21. The van der Waals surface area contributed by atoms with Gasteiger partial charge in [0.25, 0.3) is 0 Å². The van der Waals surface area contributed by atoms with Crippen molar-refractivity contribution in [3.8, 4) is 0 Å². The minimum absolute atomic E-state index is 0.765. The van der Waals surface area contributed by atoms with Gasteiger partial charge in [-0.05, 0) is 36.6 Å². The molecule has 1 saturated carbocycles. The van der Waals surface area contributed by atoms with Crippen LogP contribution in [0.1, 0.15) is 24.1 Å². The first-order valence-electron chi connectivity index (χ1n) is 7.28.